The van der Waals surface area contributed by atoms with Gasteiger partial charge in [-0.3, -0.25) is 14.5 Å². The van der Waals surface area contributed by atoms with Crippen LogP contribution < -0.4 is 5.32 Å². The summed E-state index contributed by atoms with van der Waals surface area (Å²) in [6, 6.07) is 9.47. The second-order valence-corrected chi connectivity index (χ2v) is 7.52. The quantitative estimate of drug-likeness (QED) is 0.886. The first kappa shape index (κ1) is 17.3. The summed E-state index contributed by atoms with van der Waals surface area (Å²) < 4.78 is 0. The minimum atomic E-state index is -0.0300. The van der Waals surface area contributed by atoms with E-state index in [9.17, 15) is 9.59 Å². The number of anilines is 1. The average Bonchev–Trinajstić information content (AvgIpc) is 3.09. The molecule has 2 heterocycles. The van der Waals surface area contributed by atoms with Gasteiger partial charge in [0.1, 0.15) is 0 Å². The molecule has 130 valence electrons. The van der Waals surface area contributed by atoms with Crippen LogP contribution in [0, 0.1) is 0 Å². The van der Waals surface area contributed by atoms with Gasteiger partial charge < -0.3 is 10.2 Å². The van der Waals surface area contributed by atoms with Crippen molar-refractivity contribution in [2.75, 3.05) is 43.0 Å². The highest BCUT2D eigenvalue weighted by Gasteiger charge is 2.34. The number of hydrogen-bond donors (Lipinski definition) is 1. The Morgan fingerprint density at radius 2 is 1.88 bits per heavy atom. The number of thioether (sulfide) groups is 1. The fourth-order valence-electron chi connectivity index (χ4n) is 3.36. The van der Waals surface area contributed by atoms with E-state index < -0.39 is 0 Å². The van der Waals surface area contributed by atoms with Gasteiger partial charge in [0.2, 0.25) is 11.8 Å². The lowest BCUT2D eigenvalue weighted by Crippen LogP contribution is -2.48. The van der Waals surface area contributed by atoms with Gasteiger partial charge in [0.05, 0.1) is 6.04 Å². The number of carbonyl (C=O) groups excluding carboxylic acids is 2. The zero-order chi connectivity index (χ0) is 16.8. The number of rotatable bonds is 5. The Balaban J connectivity index is 1.48. The average molecular weight is 347 g/mol. The fourth-order valence-corrected chi connectivity index (χ4v) is 4.26. The Labute approximate surface area is 147 Å². The lowest BCUT2D eigenvalue weighted by atomic mass is 10.2. The Hall–Kier alpha value is -1.53. The van der Waals surface area contributed by atoms with E-state index >= 15 is 0 Å². The van der Waals surface area contributed by atoms with E-state index in [1.807, 2.05) is 47.0 Å². The first-order valence-electron chi connectivity index (χ1n) is 8.69. The van der Waals surface area contributed by atoms with E-state index in [1.165, 1.54) is 0 Å². The molecule has 0 saturated carbocycles. The molecule has 2 aliphatic rings. The Bertz CT molecular complexity index is 561. The Morgan fingerprint density at radius 3 is 2.62 bits per heavy atom. The molecule has 1 aromatic carbocycles. The van der Waals surface area contributed by atoms with Crippen molar-refractivity contribution < 1.29 is 9.59 Å². The zero-order valence-electron chi connectivity index (χ0n) is 13.9. The van der Waals surface area contributed by atoms with Crippen LogP contribution in [-0.4, -0.2) is 65.3 Å². The number of carbonyl (C=O) groups is 2. The highest BCUT2D eigenvalue weighted by Crippen LogP contribution is 2.21. The van der Waals surface area contributed by atoms with Crippen LogP contribution >= 0.6 is 11.8 Å². The summed E-state index contributed by atoms with van der Waals surface area (Å²) in [7, 11) is 0. The Morgan fingerprint density at radius 1 is 1.12 bits per heavy atom. The molecule has 0 spiro atoms. The zero-order valence-corrected chi connectivity index (χ0v) is 14.8. The van der Waals surface area contributed by atoms with Crippen LogP contribution in [0.3, 0.4) is 0 Å². The third-order valence-corrected chi connectivity index (χ3v) is 5.60. The van der Waals surface area contributed by atoms with Crippen LogP contribution in [-0.2, 0) is 9.59 Å². The molecule has 0 radical (unpaired) electrons. The first-order chi connectivity index (χ1) is 11.7. The van der Waals surface area contributed by atoms with Crippen molar-refractivity contribution in [1.82, 2.24) is 9.80 Å². The van der Waals surface area contributed by atoms with E-state index in [0.29, 0.717) is 13.0 Å². The molecule has 2 aliphatic heterocycles. The molecule has 6 heteroatoms. The predicted molar refractivity (Wildman–Crippen MR) is 98.2 cm³/mol. The summed E-state index contributed by atoms with van der Waals surface area (Å²) in [5.41, 5.74) is 0.822. The van der Waals surface area contributed by atoms with E-state index in [0.717, 1.165) is 49.7 Å². The molecule has 24 heavy (non-hydrogen) atoms. The summed E-state index contributed by atoms with van der Waals surface area (Å²) in [5.74, 6) is 2.35. The largest absolute Gasteiger partial charge is 0.340 e. The van der Waals surface area contributed by atoms with Crippen molar-refractivity contribution in [1.29, 1.82) is 0 Å². The number of para-hydroxylation sites is 1. The maximum Gasteiger partial charge on any atom is 0.239 e. The molecule has 0 aliphatic carbocycles. The molecule has 0 bridgehead atoms. The minimum absolute atomic E-state index is 0.00803. The predicted octanol–water partition coefficient (Wildman–Crippen LogP) is 2.05. The Kier molecular flexibility index (Phi) is 6.15. The van der Waals surface area contributed by atoms with Gasteiger partial charge in [-0.25, -0.2) is 0 Å². The normalized spacial score (nSPS) is 21.7. The third kappa shape index (κ3) is 4.51. The topological polar surface area (TPSA) is 52.7 Å². The SMILES string of the molecule is O=C(CCN1CCC[C@H]1C(=O)N1CCSCC1)Nc1ccccc1. The van der Waals surface area contributed by atoms with Crippen molar-refractivity contribution in [3.63, 3.8) is 0 Å². The molecule has 2 fully saturated rings. The van der Waals surface area contributed by atoms with Gasteiger partial charge in [-0.1, -0.05) is 18.2 Å². The molecule has 2 amide bonds. The number of nitrogens with one attached hydrogen (secondary N) is 1. The van der Waals surface area contributed by atoms with Crippen molar-refractivity contribution in [2.45, 2.75) is 25.3 Å². The second-order valence-electron chi connectivity index (χ2n) is 6.30. The number of amides is 2. The standard InChI is InChI=1S/C18H25N3O2S/c22-17(19-15-5-2-1-3-6-15)8-10-20-9-4-7-16(20)18(23)21-11-13-24-14-12-21/h1-3,5-6,16H,4,7-14H2,(H,19,22)/t16-/m0/s1. The van der Waals surface area contributed by atoms with E-state index in [4.69, 9.17) is 0 Å². The first-order valence-corrected chi connectivity index (χ1v) is 9.85. The highest BCUT2D eigenvalue weighted by molar-refractivity contribution is 7.99. The minimum Gasteiger partial charge on any atom is -0.340 e. The van der Waals surface area contributed by atoms with Crippen LogP contribution in [0.2, 0.25) is 0 Å². The van der Waals surface area contributed by atoms with Crippen molar-refractivity contribution in [3.8, 4) is 0 Å². The highest BCUT2D eigenvalue weighted by atomic mass is 32.2. The maximum atomic E-state index is 12.7. The summed E-state index contributed by atoms with van der Waals surface area (Å²) in [6.07, 6.45) is 2.39. The van der Waals surface area contributed by atoms with Gasteiger partial charge in [-0.15, -0.1) is 0 Å². The summed E-state index contributed by atoms with van der Waals surface area (Å²) in [6.45, 7) is 3.29. The van der Waals surface area contributed by atoms with Crippen molar-refractivity contribution in [2.24, 2.45) is 0 Å². The lowest BCUT2D eigenvalue weighted by Gasteiger charge is -2.32. The number of nitrogens with zero attached hydrogens (tertiary/aromatic N) is 2. The number of hydrogen-bond acceptors (Lipinski definition) is 4. The van der Waals surface area contributed by atoms with Gasteiger partial charge in [0.15, 0.2) is 0 Å². The van der Waals surface area contributed by atoms with Crippen LogP contribution in [0.25, 0.3) is 0 Å². The molecule has 2 saturated heterocycles. The van der Waals surface area contributed by atoms with E-state index in [2.05, 4.69) is 10.2 Å². The molecule has 1 aromatic rings. The van der Waals surface area contributed by atoms with Crippen LogP contribution in [0.15, 0.2) is 30.3 Å². The summed E-state index contributed by atoms with van der Waals surface area (Å²) in [5, 5.41) is 2.91. The van der Waals surface area contributed by atoms with Crippen molar-refractivity contribution >= 4 is 29.3 Å². The van der Waals surface area contributed by atoms with Gasteiger partial charge in [0, 0.05) is 43.2 Å². The molecule has 0 unspecified atom stereocenters. The molecule has 3 rings (SSSR count). The molecule has 1 N–H and O–H groups in total. The van der Waals surface area contributed by atoms with Gasteiger partial charge in [-0.2, -0.15) is 11.8 Å². The fraction of sp³-hybridized carbons (Fsp3) is 0.556. The molecule has 5 nitrogen and oxygen atoms in total. The molecule has 0 aromatic heterocycles. The maximum absolute atomic E-state index is 12.7. The summed E-state index contributed by atoms with van der Waals surface area (Å²) >= 11 is 1.91. The van der Waals surface area contributed by atoms with Crippen LogP contribution in [0.5, 0.6) is 0 Å². The monoisotopic (exact) mass is 347 g/mol. The lowest BCUT2D eigenvalue weighted by molar-refractivity contribution is -0.136. The van der Waals surface area contributed by atoms with E-state index in [-0.39, 0.29) is 17.9 Å². The summed E-state index contributed by atoms with van der Waals surface area (Å²) in [4.78, 5) is 29.0. The third-order valence-electron chi connectivity index (χ3n) is 4.66. The molecular weight excluding hydrogens is 322 g/mol. The number of likely N-dealkylation sites (tertiary alicyclic amines) is 1. The number of benzene rings is 1. The van der Waals surface area contributed by atoms with Gasteiger partial charge in [0.25, 0.3) is 0 Å². The molecule has 1 atom stereocenters. The van der Waals surface area contributed by atoms with Crippen molar-refractivity contribution in [3.05, 3.63) is 30.3 Å². The van der Waals surface area contributed by atoms with Gasteiger partial charge in [-0.05, 0) is 31.5 Å². The van der Waals surface area contributed by atoms with Gasteiger partial charge >= 0.3 is 0 Å². The van der Waals surface area contributed by atoms with E-state index in [1.54, 1.807) is 0 Å². The van der Waals surface area contributed by atoms with Crippen LogP contribution in [0.4, 0.5) is 5.69 Å². The second kappa shape index (κ2) is 8.53. The molecular formula is C18H25N3O2S. The van der Waals surface area contributed by atoms with Crippen LogP contribution in [0.1, 0.15) is 19.3 Å². The smallest absolute Gasteiger partial charge is 0.239 e.